The van der Waals surface area contributed by atoms with Crippen molar-refractivity contribution < 1.29 is 9.47 Å². The van der Waals surface area contributed by atoms with Crippen molar-refractivity contribution in [3.05, 3.63) is 72.6 Å². The van der Waals surface area contributed by atoms with Crippen LogP contribution >= 0.6 is 0 Å². The second kappa shape index (κ2) is 6.95. The zero-order chi connectivity index (χ0) is 17.1. The molecule has 4 rings (SSSR count). The zero-order valence-corrected chi connectivity index (χ0v) is 14.2. The number of benzene rings is 3. The van der Waals surface area contributed by atoms with Crippen LogP contribution in [0.25, 0.3) is 21.8 Å². The minimum atomic E-state index is 0.491. The maximum absolute atomic E-state index is 5.98. The molecule has 3 aromatic carbocycles. The number of fused-ring (bicyclic) bond motifs is 2. The van der Waals surface area contributed by atoms with E-state index in [4.69, 9.17) is 9.47 Å². The highest BCUT2D eigenvalue weighted by molar-refractivity contribution is 5.83. The summed E-state index contributed by atoms with van der Waals surface area (Å²) in [6.45, 7) is 1.80. The predicted octanol–water partition coefficient (Wildman–Crippen LogP) is 4.41. The third-order valence-electron chi connectivity index (χ3n) is 4.31. The summed E-state index contributed by atoms with van der Waals surface area (Å²) in [5.41, 5.74) is 2.09. The molecule has 0 amide bonds. The van der Waals surface area contributed by atoms with Gasteiger partial charge in [-0.25, -0.2) is 4.98 Å². The first kappa shape index (κ1) is 15.7. The lowest BCUT2D eigenvalue weighted by Gasteiger charge is -2.11. The fourth-order valence-electron chi connectivity index (χ4n) is 3.13. The Labute approximate surface area is 146 Å². The first-order valence-electron chi connectivity index (χ1n) is 8.40. The van der Waals surface area contributed by atoms with Crippen LogP contribution in [0.5, 0.6) is 5.75 Å². The Bertz CT molecular complexity index is 1010. The Balaban J connectivity index is 1.52. The summed E-state index contributed by atoms with van der Waals surface area (Å²) >= 11 is 0. The highest BCUT2D eigenvalue weighted by Gasteiger charge is 2.10. The van der Waals surface area contributed by atoms with Gasteiger partial charge in [0.25, 0.3) is 0 Å². The fraction of sp³-hybridized carbons (Fsp3) is 0.190. The van der Waals surface area contributed by atoms with Crippen LogP contribution < -0.4 is 4.74 Å². The van der Waals surface area contributed by atoms with Gasteiger partial charge in [0.15, 0.2) is 0 Å². The van der Waals surface area contributed by atoms with Crippen LogP contribution in [-0.2, 0) is 17.9 Å². The molecule has 4 heteroatoms. The molecule has 0 atom stereocenters. The maximum Gasteiger partial charge on any atom is 0.136 e. The van der Waals surface area contributed by atoms with Crippen LogP contribution in [0, 0.1) is 0 Å². The third kappa shape index (κ3) is 3.21. The number of aromatic nitrogens is 2. The maximum atomic E-state index is 5.98. The minimum absolute atomic E-state index is 0.491. The number of nitrogens with zero attached hydrogens (tertiary/aromatic N) is 2. The van der Waals surface area contributed by atoms with Gasteiger partial charge in [0.1, 0.15) is 24.8 Å². The van der Waals surface area contributed by atoms with Gasteiger partial charge in [0.05, 0.1) is 17.6 Å². The average Bonchev–Trinajstić information content (AvgIpc) is 2.99. The van der Waals surface area contributed by atoms with Crippen LogP contribution in [0.1, 0.15) is 5.82 Å². The molecule has 25 heavy (non-hydrogen) atoms. The van der Waals surface area contributed by atoms with E-state index in [-0.39, 0.29) is 0 Å². The molecule has 1 heterocycles. The van der Waals surface area contributed by atoms with Crippen molar-refractivity contribution in [2.45, 2.75) is 13.2 Å². The summed E-state index contributed by atoms with van der Waals surface area (Å²) < 4.78 is 13.4. The van der Waals surface area contributed by atoms with Crippen LogP contribution in [0.15, 0.2) is 66.7 Å². The van der Waals surface area contributed by atoms with Gasteiger partial charge in [-0.05, 0) is 35.0 Å². The van der Waals surface area contributed by atoms with Crippen LogP contribution in [0.2, 0.25) is 0 Å². The van der Waals surface area contributed by atoms with E-state index in [0.717, 1.165) is 29.2 Å². The number of imidazole rings is 1. The van der Waals surface area contributed by atoms with Gasteiger partial charge in [0.2, 0.25) is 0 Å². The predicted molar refractivity (Wildman–Crippen MR) is 99.9 cm³/mol. The molecule has 1 aromatic heterocycles. The number of rotatable bonds is 6. The van der Waals surface area contributed by atoms with Crippen molar-refractivity contribution in [2.75, 3.05) is 13.7 Å². The topological polar surface area (TPSA) is 36.3 Å². The van der Waals surface area contributed by atoms with Gasteiger partial charge in [-0.15, -0.1) is 0 Å². The molecule has 126 valence electrons. The van der Waals surface area contributed by atoms with Crippen molar-refractivity contribution in [1.82, 2.24) is 9.55 Å². The minimum Gasteiger partial charge on any atom is -0.492 e. The van der Waals surface area contributed by atoms with Gasteiger partial charge >= 0.3 is 0 Å². The number of para-hydroxylation sites is 2. The van der Waals surface area contributed by atoms with E-state index in [2.05, 4.69) is 39.9 Å². The molecule has 0 radical (unpaired) electrons. The Morgan fingerprint density at radius 3 is 2.60 bits per heavy atom. The van der Waals surface area contributed by atoms with Crippen molar-refractivity contribution in [2.24, 2.45) is 0 Å². The van der Waals surface area contributed by atoms with Gasteiger partial charge in [-0.3, -0.25) is 0 Å². The Kier molecular flexibility index (Phi) is 4.36. The van der Waals surface area contributed by atoms with Crippen LogP contribution in [0.3, 0.4) is 0 Å². The molecule has 0 spiro atoms. The molecule has 4 aromatic rings. The standard InChI is InChI=1S/C21H20N2O2/c1-24-15-21-22-19-8-4-5-9-20(19)23(21)12-13-25-18-11-10-16-6-2-3-7-17(16)14-18/h2-11,14H,12-13,15H2,1H3. The quantitative estimate of drug-likeness (QED) is 0.524. The molecular formula is C21H20N2O2. The van der Waals surface area contributed by atoms with Gasteiger partial charge in [-0.2, -0.15) is 0 Å². The molecule has 0 saturated carbocycles. The second-order valence-electron chi connectivity index (χ2n) is 5.96. The van der Waals surface area contributed by atoms with Crippen molar-refractivity contribution in [1.29, 1.82) is 0 Å². The molecule has 0 fully saturated rings. The third-order valence-corrected chi connectivity index (χ3v) is 4.31. The van der Waals surface area contributed by atoms with E-state index >= 15 is 0 Å². The monoisotopic (exact) mass is 332 g/mol. The molecule has 0 saturated heterocycles. The fourth-order valence-corrected chi connectivity index (χ4v) is 3.13. The number of ether oxygens (including phenoxy) is 2. The highest BCUT2D eigenvalue weighted by Crippen LogP contribution is 2.21. The summed E-state index contributed by atoms with van der Waals surface area (Å²) in [5.74, 6) is 1.81. The Hall–Kier alpha value is -2.85. The molecule has 4 nitrogen and oxygen atoms in total. The SMILES string of the molecule is COCc1nc2ccccc2n1CCOc1ccc2ccccc2c1. The molecule has 0 aliphatic heterocycles. The molecule has 0 unspecified atom stereocenters. The van der Waals surface area contributed by atoms with E-state index in [9.17, 15) is 0 Å². The van der Waals surface area contributed by atoms with Crippen molar-refractivity contribution >= 4 is 21.8 Å². The first-order chi connectivity index (χ1) is 12.3. The largest absolute Gasteiger partial charge is 0.492 e. The van der Waals surface area contributed by atoms with Gasteiger partial charge < -0.3 is 14.0 Å². The van der Waals surface area contributed by atoms with E-state index in [1.165, 1.54) is 10.8 Å². The smallest absolute Gasteiger partial charge is 0.136 e. The zero-order valence-electron chi connectivity index (χ0n) is 14.2. The molecule has 0 N–H and O–H groups in total. The van der Waals surface area contributed by atoms with E-state index in [1.54, 1.807) is 7.11 Å². The summed E-state index contributed by atoms with van der Waals surface area (Å²) in [6, 6.07) is 22.6. The number of hydrogen-bond donors (Lipinski definition) is 0. The lowest BCUT2D eigenvalue weighted by atomic mass is 10.1. The first-order valence-corrected chi connectivity index (χ1v) is 8.40. The summed E-state index contributed by atoms with van der Waals surface area (Å²) in [6.07, 6.45) is 0. The molecule has 0 bridgehead atoms. The lowest BCUT2D eigenvalue weighted by molar-refractivity contribution is 0.173. The van der Waals surface area contributed by atoms with Crippen molar-refractivity contribution in [3.63, 3.8) is 0 Å². The van der Waals surface area contributed by atoms with Crippen LogP contribution in [0.4, 0.5) is 0 Å². The van der Waals surface area contributed by atoms with E-state index in [1.807, 2.05) is 36.4 Å². The lowest BCUT2D eigenvalue weighted by Crippen LogP contribution is -2.11. The van der Waals surface area contributed by atoms with E-state index < -0.39 is 0 Å². The summed E-state index contributed by atoms with van der Waals surface area (Å²) in [4.78, 5) is 4.65. The van der Waals surface area contributed by atoms with E-state index in [0.29, 0.717) is 13.2 Å². The Morgan fingerprint density at radius 1 is 0.920 bits per heavy atom. The number of hydrogen-bond acceptors (Lipinski definition) is 3. The molecule has 0 aliphatic rings. The van der Waals surface area contributed by atoms with Gasteiger partial charge in [-0.1, -0.05) is 42.5 Å². The molecular weight excluding hydrogens is 312 g/mol. The highest BCUT2D eigenvalue weighted by atomic mass is 16.5. The van der Waals surface area contributed by atoms with Crippen LogP contribution in [-0.4, -0.2) is 23.3 Å². The van der Waals surface area contributed by atoms with Gasteiger partial charge in [0, 0.05) is 7.11 Å². The summed E-state index contributed by atoms with van der Waals surface area (Å²) in [7, 11) is 1.69. The Morgan fingerprint density at radius 2 is 1.72 bits per heavy atom. The number of methoxy groups -OCH3 is 1. The normalized spacial score (nSPS) is 11.2. The second-order valence-corrected chi connectivity index (χ2v) is 5.96. The summed E-state index contributed by atoms with van der Waals surface area (Å²) in [5, 5.41) is 2.41. The average molecular weight is 332 g/mol. The van der Waals surface area contributed by atoms with Crippen molar-refractivity contribution in [3.8, 4) is 5.75 Å². The molecule has 0 aliphatic carbocycles.